The highest BCUT2D eigenvalue weighted by Crippen LogP contribution is 2.33. The normalized spacial score (nSPS) is 14.0. The second-order valence-electron chi connectivity index (χ2n) is 2.21. The van der Waals surface area contributed by atoms with Crippen LogP contribution in [0, 0.1) is 0 Å². The van der Waals surface area contributed by atoms with Crippen molar-refractivity contribution in [3.05, 3.63) is 24.3 Å². The van der Waals surface area contributed by atoms with Crippen LogP contribution < -0.4 is 9.47 Å². The first kappa shape index (κ1) is 7.28. The van der Waals surface area contributed by atoms with E-state index in [0.29, 0.717) is 11.5 Å². The van der Waals surface area contributed by atoms with Crippen LogP contribution in [0.2, 0.25) is 0 Å². The zero-order valence-electron chi connectivity index (χ0n) is 6.06. The lowest BCUT2D eigenvalue weighted by Crippen LogP contribution is -2.13. The lowest BCUT2D eigenvalue weighted by Gasteiger charge is -1.99. The van der Waals surface area contributed by atoms with E-state index in [-0.39, 0.29) is 0 Å². The highest BCUT2D eigenvalue weighted by molar-refractivity contribution is 7.78. The molecule has 0 atom stereocenters. The predicted octanol–water partition coefficient (Wildman–Crippen LogP) is 1.84. The first-order chi connectivity index (χ1) is 5.90. The first-order valence-corrected chi connectivity index (χ1v) is 3.80. The lowest BCUT2D eigenvalue weighted by molar-refractivity contribution is 0.0595. The largest absolute Gasteiger partial charge is 0.432 e. The van der Waals surface area contributed by atoms with Crippen molar-refractivity contribution in [2.24, 2.45) is 4.99 Å². The van der Waals surface area contributed by atoms with E-state index in [1.165, 1.54) is 0 Å². The molecule has 0 N–H and O–H groups in total. The van der Waals surface area contributed by atoms with E-state index >= 15 is 0 Å². The summed E-state index contributed by atoms with van der Waals surface area (Å²) in [5.41, 5.74) is 0. The average Bonchev–Trinajstić information content (AvgIpc) is 2.47. The van der Waals surface area contributed by atoms with Gasteiger partial charge < -0.3 is 9.47 Å². The number of thiocarbonyl (C=S) groups is 1. The fraction of sp³-hybridized carbons (Fsp3) is 0.125. The molecule has 0 radical (unpaired) electrons. The van der Waals surface area contributed by atoms with E-state index in [9.17, 15) is 0 Å². The Morgan fingerprint density at radius 3 is 2.33 bits per heavy atom. The van der Waals surface area contributed by atoms with Crippen LogP contribution in [0.3, 0.4) is 0 Å². The summed E-state index contributed by atoms with van der Waals surface area (Å²) in [4.78, 5) is 3.66. The molecular formula is C8H5NO2S. The van der Waals surface area contributed by atoms with Gasteiger partial charge in [-0.05, 0) is 24.4 Å². The molecule has 0 fully saturated rings. The molecule has 1 aromatic carbocycles. The van der Waals surface area contributed by atoms with E-state index in [4.69, 9.17) is 9.47 Å². The maximum absolute atomic E-state index is 5.23. The predicted molar refractivity (Wildman–Crippen MR) is 46.5 cm³/mol. The molecule has 0 aromatic heterocycles. The van der Waals surface area contributed by atoms with Gasteiger partial charge in [0.1, 0.15) is 0 Å². The molecule has 1 aliphatic rings. The van der Waals surface area contributed by atoms with Gasteiger partial charge >= 0.3 is 6.41 Å². The van der Waals surface area contributed by atoms with Crippen LogP contribution in [0.15, 0.2) is 29.3 Å². The summed E-state index contributed by atoms with van der Waals surface area (Å²) in [6.07, 6.45) is -0.653. The van der Waals surface area contributed by atoms with Gasteiger partial charge in [0.25, 0.3) is 0 Å². The van der Waals surface area contributed by atoms with Crippen molar-refractivity contribution in [2.75, 3.05) is 0 Å². The number of fused-ring (bicyclic) bond motifs is 1. The Kier molecular flexibility index (Phi) is 1.78. The molecule has 12 heavy (non-hydrogen) atoms. The third-order valence-electron chi connectivity index (χ3n) is 1.46. The molecule has 0 unspecified atom stereocenters. The molecule has 0 amide bonds. The average molecular weight is 179 g/mol. The molecule has 0 bridgehead atoms. The summed E-state index contributed by atoms with van der Waals surface area (Å²) >= 11 is 4.42. The fourth-order valence-electron chi connectivity index (χ4n) is 0.982. The van der Waals surface area contributed by atoms with Crippen molar-refractivity contribution in [2.45, 2.75) is 6.41 Å². The Hall–Kier alpha value is -1.38. The van der Waals surface area contributed by atoms with Gasteiger partial charge in [-0.15, -0.1) is 4.99 Å². The Labute approximate surface area is 74.6 Å². The maximum Gasteiger partial charge on any atom is 0.354 e. The molecule has 0 saturated carbocycles. The number of nitrogens with zero attached hydrogens (tertiary/aromatic N) is 1. The van der Waals surface area contributed by atoms with Crippen LogP contribution in [0.1, 0.15) is 0 Å². The zero-order chi connectivity index (χ0) is 8.39. The minimum atomic E-state index is -0.653. The van der Waals surface area contributed by atoms with Gasteiger partial charge in [-0.3, -0.25) is 0 Å². The van der Waals surface area contributed by atoms with Crippen LogP contribution in [0.25, 0.3) is 0 Å². The Balaban J connectivity index is 2.27. The van der Waals surface area contributed by atoms with Gasteiger partial charge in [-0.25, -0.2) is 0 Å². The van der Waals surface area contributed by atoms with E-state index < -0.39 is 6.41 Å². The summed E-state index contributed by atoms with van der Waals surface area (Å²) in [7, 11) is 0. The third-order valence-corrected chi connectivity index (χ3v) is 1.57. The molecule has 1 heterocycles. The highest BCUT2D eigenvalue weighted by Gasteiger charge is 2.21. The second kappa shape index (κ2) is 2.93. The summed E-state index contributed by atoms with van der Waals surface area (Å²) in [6, 6.07) is 7.36. The van der Waals surface area contributed by atoms with Crippen molar-refractivity contribution >= 4 is 17.4 Å². The van der Waals surface area contributed by atoms with Gasteiger partial charge in [0, 0.05) is 0 Å². The molecule has 3 nitrogen and oxygen atoms in total. The maximum atomic E-state index is 5.23. The summed E-state index contributed by atoms with van der Waals surface area (Å²) in [5, 5.41) is 2.20. The van der Waals surface area contributed by atoms with Crippen molar-refractivity contribution in [1.82, 2.24) is 0 Å². The van der Waals surface area contributed by atoms with Gasteiger partial charge in [0.05, 0.1) is 5.16 Å². The van der Waals surface area contributed by atoms with Gasteiger partial charge in [-0.2, -0.15) is 0 Å². The Morgan fingerprint density at radius 2 is 1.83 bits per heavy atom. The van der Waals surface area contributed by atoms with Crippen molar-refractivity contribution < 1.29 is 9.47 Å². The Morgan fingerprint density at radius 1 is 1.25 bits per heavy atom. The molecule has 0 aliphatic carbocycles. The fourth-order valence-corrected chi connectivity index (χ4v) is 1.07. The summed E-state index contributed by atoms with van der Waals surface area (Å²) in [5.74, 6) is 1.38. The van der Waals surface area contributed by atoms with Crippen molar-refractivity contribution in [3.63, 3.8) is 0 Å². The number of aliphatic imine (C=N–C) groups is 1. The summed E-state index contributed by atoms with van der Waals surface area (Å²) in [6.45, 7) is 0. The topological polar surface area (TPSA) is 30.8 Å². The van der Waals surface area contributed by atoms with Crippen molar-refractivity contribution in [3.8, 4) is 11.5 Å². The first-order valence-electron chi connectivity index (χ1n) is 3.39. The van der Waals surface area contributed by atoms with Crippen LogP contribution in [-0.4, -0.2) is 11.6 Å². The quantitative estimate of drug-likeness (QED) is 0.487. The zero-order valence-corrected chi connectivity index (χ0v) is 6.88. The third kappa shape index (κ3) is 1.18. The monoisotopic (exact) mass is 179 g/mol. The molecule has 0 saturated heterocycles. The molecule has 4 heteroatoms. The van der Waals surface area contributed by atoms with Crippen LogP contribution in [0.5, 0.6) is 11.5 Å². The standard InChI is InChI=1S/C8H5NO2S/c12-5-9-8-10-6-3-1-2-4-7(6)11-8/h1-4,8H. The van der Waals surface area contributed by atoms with Crippen LogP contribution in [-0.2, 0) is 0 Å². The second-order valence-corrected chi connectivity index (χ2v) is 2.39. The van der Waals surface area contributed by atoms with E-state index in [2.05, 4.69) is 22.4 Å². The Bertz CT molecular complexity index is 322. The molecule has 1 aliphatic heterocycles. The molecule has 0 spiro atoms. The number of benzene rings is 1. The van der Waals surface area contributed by atoms with E-state index in [1.54, 1.807) is 0 Å². The molecule has 60 valence electrons. The smallest absolute Gasteiger partial charge is 0.354 e. The number of rotatable bonds is 1. The highest BCUT2D eigenvalue weighted by atomic mass is 32.1. The van der Waals surface area contributed by atoms with E-state index in [0.717, 1.165) is 0 Å². The number of hydrogen-bond donors (Lipinski definition) is 0. The van der Waals surface area contributed by atoms with Gasteiger partial charge in [-0.1, -0.05) is 12.1 Å². The number of isothiocyanates is 1. The minimum Gasteiger partial charge on any atom is -0.432 e. The number of ether oxygens (including phenoxy) is 2. The lowest BCUT2D eigenvalue weighted by atomic mass is 10.3. The number of para-hydroxylation sites is 2. The summed E-state index contributed by atoms with van der Waals surface area (Å²) < 4.78 is 10.5. The SMILES string of the molecule is S=C=NC1Oc2ccccc2O1. The van der Waals surface area contributed by atoms with Gasteiger partial charge in [0.2, 0.25) is 0 Å². The molecule has 1 aromatic rings. The number of hydrogen-bond acceptors (Lipinski definition) is 4. The molecular weight excluding hydrogens is 174 g/mol. The van der Waals surface area contributed by atoms with Crippen LogP contribution >= 0.6 is 12.2 Å². The van der Waals surface area contributed by atoms with E-state index in [1.807, 2.05) is 24.3 Å². The van der Waals surface area contributed by atoms with Crippen LogP contribution in [0.4, 0.5) is 0 Å². The molecule has 2 rings (SSSR count). The minimum absolute atomic E-state index is 0.653. The van der Waals surface area contributed by atoms with Gasteiger partial charge in [0.15, 0.2) is 11.5 Å². The van der Waals surface area contributed by atoms with Crippen molar-refractivity contribution in [1.29, 1.82) is 0 Å².